The summed E-state index contributed by atoms with van der Waals surface area (Å²) in [7, 11) is 1.45. The third-order valence-corrected chi connectivity index (χ3v) is 5.55. The molecule has 0 unspecified atom stereocenters. The zero-order valence-electron chi connectivity index (χ0n) is 18.6. The number of benzene rings is 2. The number of nitrogens with zero attached hydrogens (tertiary/aromatic N) is 1. The number of ether oxygens (including phenoxy) is 2. The summed E-state index contributed by atoms with van der Waals surface area (Å²) in [5.74, 6) is -0.735. The van der Waals surface area contributed by atoms with Crippen LogP contribution in [0, 0.1) is 11.6 Å². The quantitative estimate of drug-likeness (QED) is 0.429. The van der Waals surface area contributed by atoms with Crippen LogP contribution >= 0.6 is 12.2 Å². The first-order valence-electron chi connectivity index (χ1n) is 10.5. The molecule has 0 bridgehead atoms. The highest BCUT2D eigenvalue weighted by Crippen LogP contribution is 2.31. The van der Waals surface area contributed by atoms with Gasteiger partial charge in [0, 0.05) is 24.2 Å². The second-order valence-corrected chi connectivity index (χ2v) is 8.11. The number of hydrogen-bond acceptors (Lipinski definition) is 5. The normalized spacial score (nSPS) is 12.9. The molecule has 5 nitrogen and oxygen atoms in total. The van der Waals surface area contributed by atoms with Gasteiger partial charge >= 0.3 is 0 Å². The highest BCUT2D eigenvalue weighted by atomic mass is 32.1. The molecule has 0 fully saturated rings. The van der Waals surface area contributed by atoms with Gasteiger partial charge in [-0.3, -0.25) is 0 Å². The van der Waals surface area contributed by atoms with Crippen LogP contribution in [0.4, 0.5) is 8.78 Å². The zero-order valence-corrected chi connectivity index (χ0v) is 19.4. The molecule has 0 aliphatic heterocycles. The number of pyridine rings is 1. The summed E-state index contributed by atoms with van der Waals surface area (Å²) in [6.07, 6.45) is 1.20. The van der Waals surface area contributed by atoms with E-state index in [9.17, 15) is 13.9 Å². The van der Waals surface area contributed by atoms with Gasteiger partial charge in [-0.15, -0.1) is 0 Å². The van der Waals surface area contributed by atoms with E-state index in [-0.39, 0.29) is 51.9 Å². The SMILES string of the molecule is COc1ccnc(C(=S)N[C@H](C)CO[C@@H](C)C(c2ccc(F)cc2)c2ccc(F)cc2)c1O. The van der Waals surface area contributed by atoms with E-state index in [0.29, 0.717) is 6.61 Å². The molecule has 0 aliphatic carbocycles. The highest BCUT2D eigenvalue weighted by Gasteiger charge is 2.23. The summed E-state index contributed by atoms with van der Waals surface area (Å²) in [5, 5.41) is 13.4. The molecule has 0 saturated heterocycles. The highest BCUT2D eigenvalue weighted by molar-refractivity contribution is 7.80. The Balaban J connectivity index is 1.69. The van der Waals surface area contributed by atoms with Crippen LogP contribution in [0.3, 0.4) is 0 Å². The monoisotopic (exact) mass is 472 g/mol. The number of nitrogens with one attached hydrogen (secondary N) is 1. The van der Waals surface area contributed by atoms with Crippen LogP contribution in [0.15, 0.2) is 60.8 Å². The van der Waals surface area contributed by atoms with Crippen molar-refractivity contribution in [2.75, 3.05) is 13.7 Å². The Morgan fingerprint density at radius 3 is 2.06 bits per heavy atom. The Morgan fingerprint density at radius 2 is 1.55 bits per heavy atom. The molecule has 2 atom stereocenters. The van der Waals surface area contributed by atoms with Crippen molar-refractivity contribution in [1.82, 2.24) is 10.3 Å². The van der Waals surface area contributed by atoms with E-state index in [2.05, 4.69) is 10.3 Å². The molecular weight excluding hydrogens is 446 g/mol. The maximum Gasteiger partial charge on any atom is 0.187 e. The third kappa shape index (κ3) is 6.24. The molecule has 0 amide bonds. The van der Waals surface area contributed by atoms with Gasteiger partial charge in [-0.2, -0.15) is 0 Å². The fourth-order valence-corrected chi connectivity index (χ4v) is 3.92. The van der Waals surface area contributed by atoms with Gasteiger partial charge in [-0.05, 0) is 49.2 Å². The summed E-state index contributed by atoms with van der Waals surface area (Å²) in [5.41, 5.74) is 1.94. The lowest BCUT2D eigenvalue weighted by Crippen LogP contribution is -2.37. The van der Waals surface area contributed by atoms with Crippen LogP contribution < -0.4 is 10.1 Å². The zero-order chi connectivity index (χ0) is 24.0. The summed E-state index contributed by atoms with van der Waals surface area (Å²) in [6, 6.07) is 13.8. The third-order valence-electron chi connectivity index (χ3n) is 5.24. The first kappa shape index (κ1) is 24.5. The van der Waals surface area contributed by atoms with Crippen molar-refractivity contribution < 1.29 is 23.4 Å². The number of rotatable bonds is 9. The Labute approximate surface area is 197 Å². The minimum Gasteiger partial charge on any atom is -0.503 e. The number of aromatic nitrogens is 1. The van der Waals surface area contributed by atoms with Crippen molar-refractivity contribution in [2.45, 2.75) is 31.9 Å². The van der Waals surface area contributed by atoms with Crippen LogP contribution in [0.25, 0.3) is 0 Å². The number of aromatic hydroxyl groups is 1. The minimum atomic E-state index is -0.328. The smallest absolute Gasteiger partial charge is 0.187 e. The summed E-state index contributed by atoms with van der Waals surface area (Å²) in [6.45, 7) is 4.10. The first-order chi connectivity index (χ1) is 15.8. The topological polar surface area (TPSA) is 63.6 Å². The lowest BCUT2D eigenvalue weighted by Gasteiger charge is -2.27. The molecule has 0 radical (unpaired) electrons. The van der Waals surface area contributed by atoms with Crippen LogP contribution in [0.2, 0.25) is 0 Å². The van der Waals surface area contributed by atoms with E-state index in [1.54, 1.807) is 30.3 Å². The average molecular weight is 473 g/mol. The van der Waals surface area contributed by atoms with Crippen LogP contribution in [-0.2, 0) is 4.74 Å². The number of methoxy groups -OCH3 is 1. The number of thiocarbonyl (C=S) groups is 1. The lowest BCUT2D eigenvalue weighted by atomic mass is 9.87. The van der Waals surface area contributed by atoms with Crippen molar-refractivity contribution in [3.8, 4) is 11.5 Å². The largest absolute Gasteiger partial charge is 0.503 e. The molecule has 1 heterocycles. The van der Waals surface area contributed by atoms with Gasteiger partial charge in [0.2, 0.25) is 0 Å². The standard InChI is InChI=1S/C25H26F2N2O3S/c1-15(29-25(33)23-24(30)21(31-3)12-13-28-23)14-32-16(2)22(17-4-8-19(26)9-5-17)18-6-10-20(27)11-7-18/h4-13,15-16,22,30H,14H2,1-3H3,(H,29,33)/t15-,16+/m1/s1. The van der Waals surface area contributed by atoms with Gasteiger partial charge in [-0.25, -0.2) is 13.8 Å². The predicted octanol–water partition coefficient (Wildman–Crippen LogP) is 4.96. The molecule has 0 spiro atoms. The van der Waals surface area contributed by atoms with Crippen molar-refractivity contribution >= 4 is 17.2 Å². The molecule has 3 aromatic rings. The second kappa shape index (κ2) is 11.2. The molecule has 2 aromatic carbocycles. The van der Waals surface area contributed by atoms with E-state index in [1.165, 1.54) is 37.6 Å². The average Bonchev–Trinajstić information content (AvgIpc) is 2.80. The molecule has 33 heavy (non-hydrogen) atoms. The fourth-order valence-electron chi connectivity index (χ4n) is 3.57. The molecule has 0 saturated carbocycles. The minimum absolute atomic E-state index is 0.133. The van der Waals surface area contributed by atoms with Crippen molar-refractivity contribution in [3.05, 3.63) is 89.2 Å². The van der Waals surface area contributed by atoms with Crippen molar-refractivity contribution in [2.24, 2.45) is 0 Å². The number of halogens is 2. The Bertz CT molecular complexity index is 1030. The number of hydrogen-bond donors (Lipinski definition) is 2. The predicted molar refractivity (Wildman–Crippen MR) is 127 cm³/mol. The first-order valence-corrected chi connectivity index (χ1v) is 10.9. The van der Waals surface area contributed by atoms with Gasteiger partial charge in [0.25, 0.3) is 0 Å². The molecule has 0 aliphatic rings. The van der Waals surface area contributed by atoms with Gasteiger partial charge in [-0.1, -0.05) is 36.5 Å². The summed E-state index contributed by atoms with van der Waals surface area (Å²) >= 11 is 5.39. The molecule has 174 valence electrons. The summed E-state index contributed by atoms with van der Waals surface area (Å²) in [4.78, 5) is 4.39. The van der Waals surface area contributed by atoms with Crippen LogP contribution in [0.5, 0.6) is 11.5 Å². The Morgan fingerprint density at radius 1 is 1.00 bits per heavy atom. The van der Waals surface area contributed by atoms with Crippen molar-refractivity contribution in [3.63, 3.8) is 0 Å². The van der Waals surface area contributed by atoms with Gasteiger partial charge < -0.3 is 19.9 Å². The van der Waals surface area contributed by atoms with E-state index in [1.807, 2.05) is 13.8 Å². The second-order valence-electron chi connectivity index (χ2n) is 7.70. The maximum absolute atomic E-state index is 13.5. The Kier molecular flexibility index (Phi) is 8.30. The maximum atomic E-state index is 13.5. The molecule has 3 rings (SSSR count). The van der Waals surface area contributed by atoms with E-state index < -0.39 is 0 Å². The Hall–Kier alpha value is -3.10. The summed E-state index contributed by atoms with van der Waals surface area (Å²) < 4.78 is 38.2. The molecule has 1 aromatic heterocycles. The van der Waals surface area contributed by atoms with Crippen molar-refractivity contribution in [1.29, 1.82) is 0 Å². The molecular formula is C25H26F2N2O3S. The molecule has 8 heteroatoms. The fraction of sp³-hybridized carbons (Fsp3) is 0.280. The van der Waals surface area contributed by atoms with Crippen LogP contribution in [0.1, 0.15) is 36.6 Å². The van der Waals surface area contributed by atoms with E-state index in [0.717, 1.165) is 11.1 Å². The lowest BCUT2D eigenvalue weighted by molar-refractivity contribution is 0.0457. The van der Waals surface area contributed by atoms with Gasteiger partial charge in [0.15, 0.2) is 11.5 Å². The van der Waals surface area contributed by atoms with Crippen LogP contribution in [-0.4, -0.2) is 40.9 Å². The molecule has 2 N–H and O–H groups in total. The van der Waals surface area contributed by atoms with E-state index >= 15 is 0 Å². The van der Waals surface area contributed by atoms with Gasteiger partial charge in [0.05, 0.1) is 19.8 Å². The van der Waals surface area contributed by atoms with Gasteiger partial charge in [0.1, 0.15) is 22.3 Å². The van der Waals surface area contributed by atoms with E-state index in [4.69, 9.17) is 21.7 Å².